The van der Waals surface area contributed by atoms with Crippen LogP contribution in [0.1, 0.15) is 43.2 Å². The molecule has 21 heavy (non-hydrogen) atoms. The molecule has 118 valence electrons. The zero-order chi connectivity index (χ0) is 15.6. The number of anilines is 1. The maximum absolute atomic E-state index is 11.2. The van der Waals surface area contributed by atoms with Crippen molar-refractivity contribution in [2.75, 3.05) is 26.0 Å². The molecular weight excluding hydrogens is 286 g/mol. The minimum Gasteiger partial charge on any atom is -0.481 e. The fraction of sp³-hybridized carbons (Fsp3) is 0.733. The number of hydrogen-bond donors (Lipinski definition) is 2. The van der Waals surface area contributed by atoms with Crippen LogP contribution < -0.4 is 5.32 Å². The largest absolute Gasteiger partial charge is 0.481 e. The summed E-state index contributed by atoms with van der Waals surface area (Å²) in [6, 6.07) is 0.342. The standard InChI is InChI=1S/C15H25N3O2S/c1-9(2)7-10(8-18(3)4)16-15-17-13-11(14(19)20)5-6-12(13)21-15/h9-11H,5-8H2,1-4H3,(H,16,17)(H,19,20). The van der Waals surface area contributed by atoms with E-state index in [1.807, 2.05) is 0 Å². The molecule has 0 radical (unpaired) electrons. The summed E-state index contributed by atoms with van der Waals surface area (Å²) in [5.41, 5.74) is 0.781. The maximum atomic E-state index is 11.2. The number of aryl methyl sites for hydroxylation is 1. The summed E-state index contributed by atoms with van der Waals surface area (Å²) in [5, 5.41) is 13.6. The number of aliphatic carboxylic acids is 1. The van der Waals surface area contributed by atoms with Crippen LogP contribution in [0.25, 0.3) is 0 Å². The summed E-state index contributed by atoms with van der Waals surface area (Å²) in [4.78, 5) is 19.1. The van der Waals surface area contributed by atoms with Crippen molar-refractivity contribution in [3.8, 4) is 0 Å². The van der Waals surface area contributed by atoms with E-state index in [0.717, 1.165) is 35.1 Å². The van der Waals surface area contributed by atoms with Crippen LogP contribution in [0, 0.1) is 5.92 Å². The van der Waals surface area contributed by atoms with Crippen LogP contribution in [-0.4, -0.2) is 47.6 Å². The Labute approximate surface area is 130 Å². The highest BCUT2D eigenvalue weighted by Gasteiger charge is 2.32. The predicted octanol–water partition coefficient (Wildman–Crippen LogP) is 2.65. The summed E-state index contributed by atoms with van der Waals surface area (Å²) in [6.45, 7) is 5.38. The van der Waals surface area contributed by atoms with E-state index < -0.39 is 11.9 Å². The first-order valence-corrected chi connectivity index (χ1v) is 8.32. The monoisotopic (exact) mass is 311 g/mol. The van der Waals surface area contributed by atoms with Crippen molar-refractivity contribution in [1.82, 2.24) is 9.88 Å². The molecule has 2 unspecified atom stereocenters. The van der Waals surface area contributed by atoms with Crippen LogP contribution >= 0.6 is 11.3 Å². The van der Waals surface area contributed by atoms with Crippen molar-refractivity contribution in [3.63, 3.8) is 0 Å². The van der Waals surface area contributed by atoms with E-state index in [-0.39, 0.29) is 0 Å². The van der Waals surface area contributed by atoms with E-state index in [0.29, 0.717) is 18.4 Å². The van der Waals surface area contributed by atoms with Crippen molar-refractivity contribution in [3.05, 3.63) is 10.6 Å². The highest BCUT2D eigenvalue weighted by atomic mass is 32.1. The Bertz CT molecular complexity index is 489. The van der Waals surface area contributed by atoms with Gasteiger partial charge in [-0.1, -0.05) is 13.8 Å². The molecule has 0 aromatic carbocycles. The lowest BCUT2D eigenvalue weighted by Crippen LogP contribution is -2.33. The van der Waals surface area contributed by atoms with Crippen LogP contribution in [0.5, 0.6) is 0 Å². The number of carbonyl (C=O) groups is 1. The Morgan fingerprint density at radius 2 is 2.24 bits per heavy atom. The second-order valence-electron chi connectivity index (χ2n) is 6.49. The van der Waals surface area contributed by atoms with Crippen LogP contribution in [0.4, 0.5) is 5.13 Å². The summed E-state index contributed by atoms with van der Waals surface area (Å²) in [6.07, 6.45) is 2.61. The fourth-order valence-corrected chi connectivity index (χ4v) is 4.01. The molecule has 0 bridgehead atoms. The maximum Gasteiger partial charge on any atom is 0.312 e. The number of fused-ring (bicyclic) bond motifs is 1. The van der Waals surface area contributed by atoms with Gasteiger partial charge in [-0.15, -0.1) is 11.3 Å². The molecule has 5 nitrogen and oxygen atoms in total. The van der Waals surface area contributed by atoms with E-state index in [2.05, 4.69) is 43.1 Å². The lowest BCUT2D eigenvalue weighted by atomic mass is 10.0. The average molecular weight is 311 g/mol. The zero-order valence-corrected chi connectivity index (χ0v) is 14.0. The van der Waals surface area contributed by atoms with Crippen molar-refractivity contribution < 1.29 is 9.90 Å². The molecule has 1 aromatic rings. The third kappa shape index (κ3) is 4.17. The van der Waals surface area contributed by atoms with E-state index in [4.69, 9.17) is 0 Å². The van der Waals surface area contributed by atoms with Crippen LogP contribution in [-0.2, 0) is 11.2 Å². The normalized spacial score (nSPS) is 19.0. The third-order valence-corrected chi connectivity index (χ3v) is 4.75. The topological polar surface area (TPSA) is 65.5 Å². The number of hydrogen-bond acceptors (Lipinski definition) is 5. The van der Waals surface area contributed by atoms with Gasteiger partial charge in [0.25, 0.3) is 0 Å². The van der Waals surface area contributed by atoms with E-state index >= 15 is 0 Å². The number of aromatic nitrogens is 1. The molecule has 0 saturated heterocycles. The molecule has 1 aliphatic carbocycles. The molecule has 0 saturated carbocycles. The Balaban J connectivity index is 2.08. The number of carboxylic acids is 1. The second-order valence-corrected chi connectivity index (χ2v) is 7.57. The quantitative estimate of drug-likeness (QED) is 0.810. The summed E-state index contributed by atoms with van der Waals surface area (Å²) >= 11 is 1.62. The SMILES string of the molecule is CC(C)CC(CN(C)C)Nc1nc2c(s1)CCC2C(=O)O. The van der Waals surface area contributed by atoms with E-state index in [1.165, 1.54) is 0 Å². The molecule has 2 rings (SSSR count). The van der Waals surface area contributed by atoms with Gasteiger partial charge in [-0.05, 0) is 39.3 Å². The van der Waals surface area contributed by atoms with Gasteiger partial charge in [0.05, 0.1) is 5.69 Å². The van der Waals surface area contributed by atoms with Gasteiger partial charge in [0.2, 0.25) is 0 Å². The molecule has 0 spiro atoms. The number of carboxylic acid groups (broad SMARTS) is 1. The van der Waals surface area contributed by atoms with Gasteiger partial charge in [0.15, 0.2) is 5.13 Å². The molecule has 1 aromatic heterocycles. The lowest BCUT2D eigenvalue weighted by molar-refractivity contribution is -0.138. The number of nitrogens with one attached hydrogen (secondary N) is 1. The first-order valence-electron chi connectivity index (χ1n) is 7.50. The molecule has 1 aliphatic rings. The second kappa shape index (κ2) is 6.75. The lowest BCUT2D eigenvalue weighted by Gasteiger charge is -2.23. The van der Waals surface area contributed by atoms with Crippen molar-refractivity contribution in [2.24, 2.45) is 5.92 Å². The molecule has 2 N–H and O–H groups in total. The Kier molecular flexibility index (Phi) is 5.22. The number of likely N-dealkylation sites (N-methyl/N-ethyl adjacent to an activating group) is 1. The molecule has 6 heteroatoms. The summed E-state index contributed by atoms with van der Waals surface area (Å²) < 4.78 is 0. The molecule has 0 amide bonds. The molecule has 2 atom stereocenters. The van der Waals surface area contributed by atoms with Crippen molar-refractivity contribution in [2.45, 2.75) is 45.1 Å². The van der Waals surface area contributed by atoms with Gasteiger partial charge in [0, 0.05) is 17.5 Å². The Morgan fingerprint density at radius 3 is 2.81 bits per heavy atom. The molecule has 0 fully saturated rings. The average Bonchev–Trinajstić information content (AvgIpc) is 2.85. The number of rotatable bonds is 7. The fourth-order valence-electron chi connectivity index (χ4n) is 2.89. The Hall–Kier alpha value is -1.14. The Morgan fingerprint density at radius 1 is 1.52 bits per heavy atom. The predicted molar refractivity (Wildman–Crippen MR) is 86.2 cm³/mol. The van der Waals surface area contributed by atoms with Gasteiger partial charge in [-0.25, -0.2) is 4.98 Å². The number of nitrogens with zero attached hydrogens (tertiary/aromatic N) is 2. The highest BCUT2D eigenvalue weighted by molar-refractivity contribution is 7.15. The minimum absolute atomic E-state index is 0.342. The molecule has 1 heterocycles. The van der Waals surface area contributed by atoms with Crippen LogP contribution in [0.3, 0.4) is 0 Å². The zero-order valence-electron chi connectivity index (χ0n) is 13.2. The van der Waals surface area contributed by atoms with Gasteiger partial charge in [-0.3, -0.25) is 4.79 Å². The third-order valence-electron chi connectivity index (χ3n) is 3.68. The summed E-state index contributed by atoms with van der Waals surface area (Å²) in [7, 11) is 4.13. The minimum atomic E-state index is -0.752. The molecular formula is C15H25N3O2S. The highest BCUT2D eigenvalue weighted by Crippen LogP contribution is 2.38. The first kappa shape index (κ1) is 16.2. The van der Waals surface area contributed by atoms with Gasteiger partial charge in [0.1, 0.15) is 5.92 Å². The first-order chi connectivity index (χ1) is 9.86. The van der Waals surface area contributed by atoms with Crippen molar-refractivity contribution in [1.29, 1.82) is 0 Å². The smallest absolute Gasteiger partial charge is 0.312 e. The van der Waals surface area contributed by atoms with Crippen LogP contribution in [0.15, 0.2) is 0 Å². The van der Waals surface area contributed by atoms with Gasteiger partial charge in [-0.2, -0.15) is 0 Å². The van der Waals surface area contributed by atoms with Crippen molar-refractivity contribution >= 4 is 22.4 Å². The van der Waals surface area contributed by atoms with Crippen LogP contribution in [0.2, 0.25) is 0 Å². The number of thiazole rings is 1. The van der Waals surface area contributed by atoms with Gasteiger partial charge >= 0.3 is 5.97 Å². The summed E-state index contributed by atoms with van der Waals surface area (Å²) in [5.74, 6) is -0.553. The van der Waals surface area contributed by atoms with E-state index in [1.54, 1.807) is 11.3 Å². The van der Waals surface area contributed by atoms with Gasteiger partial charge < -0.3 is 15.3 Å². The van der Waals surface area contributed by atoms with E-state index in [9.17, 15) is 9.90 Å². The molecule has 0 aliphatic heterocycles.